The molecule has 0 fully saturated rings. The Morgan fingerprint density at radius 1 is 1.80 bits per heavy atom. The molecule has 0 aliphatic rings. The van der Waals surface area contributed by atoms with Crippen LogP contribution >= 0.6 is 27.3 Å². The van der Waals surface area contributed by atoms with E-state index in [0.717, 1.165) is 9.35 Å². The van der Waals surface area contributed by atoms with Crippen LogP contribution in [0.25, 0.3) is 0 Å². The van der Waals surface area contributed by atoms with E-state index in [1.165, 1.54) is 7.11 Å². The Morgan fingerprint density at radius 3 is 3.07 bits per heavy atom. The lowest BCUT2D eigenvalue weighted by molar-refractivity contribution is -0.123. The van der Waals surface area contributed by atoms with Crippen LogP contribution in [0.2, 0.25) is 0 Å². The molecule has 1 unspecified atom stereocenters. The number of ether oxygens (including phenoxy) is 1. The molecule has 1 amide bonds. The molecular formula is C9H13BrN2O2S. The van der Waals surface area contributed by atoms with E-state index < -0.39 is 6.04 Å². The zero-order valence-electron chi connectivity index (χ0n) is 8.33. The number of hydrogen-bond donors (Lipinski definition) is 2. The predicted molar refractivity (Wildman–Crippen MR) is 63.7 cm³/mol. The van der Waals surface area contributed by atoms with E-state index in [1.807, 2.05) is 11.4 Å². The van der Waals surface area contributed by atoms with Crippen LogP contribution in [0.15, 0.2) is 15.9 Å². The summed E-state index contributed by atoms with van der Waals surface area (Å²) in [6, 6.07) is 1.34. The fourth-order valence-corrected chi connectivity index (χ4v) is 2.44. The summed E-state index contributed by atoms with van der Waals surface area (Å²) in [5.74, 6) is -0.197. The lowest BCUT2D eigenvalue weighted by atomic mass is 10.3. The highest BCUT2D eigenvalue weighted by Crippen LogP contribution is 2.21. The molecule has 15 heavy (non-hydrogen) atoms. The van der Waals surface area contributed by atoms with Gasteiger partial charge in [0, 0.05) is 16.5 Å². The number of hydrogen-bond acceptors (Lipinski definition) is 4. The summed E-state index contributed by atoms with van der Waals surface area (Å²) in [7, 11) is 1.52. The third-order valence-corrected chi connectivity index (χ3v) is 3.72. The van der Waals surface area contributed by atoms with Crippen molar-refractivity contribution in [2.45, 2.75) is 12.6 Å². The monoisotopic (exact) mass is 292 g/mol. The molecule has 1 heterocycles. The summed E-state index contributed by atoms with van der Waals surface area (Å²) < 4.78 is 5.80. The number of rotatable bonds is 5. The minimum absolute atomic E-state index is 0.197. The molecule has 0 bridgehead atoms. The Balaban J connectivity index is 2.37. The van der Waals surface area contributed by atoms with Crippen molar-refractivity contribution in [2.75, 3.05) is 13.7 Å². The normalized spacial score (nSPS) is 12.5. The van der Waals surface area contributed by atoms with E-state index in [9.17, 15) is 4.79 Å². The highest BCUT2D eigenvalue weighted by atomic mass is 79.9. The first-order valence-electron chi connectivity index (χ1n) is 4.39. The fourth-order valence-electron chi connectivity index (χ4n) is 1.00. The van der Waals surface area contributed by atoms with Gasteiger partial charge < -0.3 is 15.8 Å². The predicted octanol–water partition coefficient (Wildman–Crippen LogP) is 1.10. The molecule has 1 rings (SSSR count). The topological polar surface area (TPSA) is 64.3 Å². The number of carbonyl (C=O) groups excluding carboxylic acids is 1. The standard InChI is InChI=1S/C9H13BrN2O2S/c1-14-5-7(11)9(13)12-4-8-6(10)2-3-15-8/h2-3,7H,4-5,11H2,1H3,(H,12,13). The summed E-state index contributed by atoms with van der Waals surface area (Å²) in [5.41, 5.74) is 5.56. The maximum Gasteiger partial charge on any atom is 0.239 e. The van der Waals surface area contributed by atoms with Crippen molar-refractivity contribution in [1.29, 1.82) is 0 Å². The highest BCUT2D eigenvalue weighted by molar-refractivity contribution is 9.10. The number of nitrogens with one attached hydrogen (secondary N) is 1. The SMILES string of the molecule is COCC(N)C(=O)NCc1sccc1Br. The van der Waals surface area contributed by atoms with Crippen molar-refractivity contribution >= 4 is 33.2 Å². The molecule has 0 saturated heterocycles. The Hall–Kier alpha value is -0.430. The van der Waals surface area contributed by atoms with Crippen LogP contribution in [0.5, 0.6) is 0 Å². The lowest BCUT2D eigenvalue weighted by Crippen LogP contribution is -2.43. The second kappa shape index (κ2) is 6.22. The number of thiophene rings is 1. The van der Waals surface area contributed by atoms with Crippen molar-refractivity contribution in [1.82, 2.24) is 5.32 Å². The average molecular weight is 293 g/mol. The quantitative estimate of drug-likeness (QED) is 0.854. The van der Waals surface area contributed by atoms with Crippen LogP contribution in [0.4, 0.5) is 0 Å². The van der Waals surface area contributed by atoms with Gasteiger partial charge >= 0.3 is 0 Å². The van der Waals surface area contributed by atoms with Crippen LogP contribution in [0, 0.1) is 0 Å². The zero-order chi connectivity index (χ0) is 11.3. The number of carbonyl (C=O) groups is 1. The van der Waals surface area contributed by atoms with Crippen molar-refractivity contribution in [3.63, 3.8) is 0 Å². The minimum Gasteiger partial charge on any atom is -0.383 e. The van der Waals surface area contributed by atoms with E-state index in [-0.39, 0.29) is 12.5 Å². The van der Waals surface area contributed by atoms with E-state index in [1.54, 1.807) is 11.3 Å². The summed E-state index contributed by atoms with van der Waals surface area (Å²) >= 11 is 4.97. The van der Waals surface area contributed by atoms with Crippen molar-refractivity contribution < 1.29 is 9.53 Å². The first kappa shape index (κ1) is 12.6. The second-order valence-corrected chi connectivity index (χ2v) is 4.83. The molecular weight excluding hydrogens is 280 g/mol. The molecule has 3 N–H and O–H groups in total. The average Bonchev–Trinajstić information content (AvgIpc) is 2.61. The first-order valence-corrected chi connectivity index (χ1v) is 6.06. The Morgan fingerprint density at radius 2 is 2.53 bits per heavy atom. The summed E-state index contributed by atoms with van der Waals surface area (Å²) in [5, 5.41) is 4.71. The summed E-state index contributed by atoms with van der Waals surface area (Å²) in [6.07, 6.45) is 0. The molecule has 1 aromatic rings. The van der Waals surface area contributed by atoms with E-state index >= 15 is 0 Å². The molecule has 0 aromatic carbocycles. The van der Waals surface area contributed by atoms with Gasteiger partial charge in [-0.05, 0) is 27.4 Å². The van der Waals surface area contributed by atoms with E-state index in [4.69, 9.17) is 10.5 Å². The van der Waals surface area contributed by atoms with Gasteiger partial charge in [-0.3, -0.25) is 4.79 Å². The fraction of sp³-hybridized carbons (Fsp3) is 0.444. The number of nitrogens with two attached hydrogens (primary N) is 1. The Labute approximate surface area is 101 Å². The molecule has 6 heteroatoms. The molecule has 0 aliphatic carbocycles. The van der Waals surface area contributed by atoms with Crippen molar-refractivity contribution in [2.24, 2.45) is 5.73 Å². The van der Waals surface area contributed by atoms with Gasteiger partial charge in [-0.25, -0.2) is 0 Å². The Bertz CT molecular complexity index is 330. The highest BCUT2D eigenvalue weighted by Gasteiger charge is 2.12. The van der Waals surface area contributed by atoms with Crippen LogP contribution in [0.3, 0.4) is 0 Å². The van der Waals surface area contributed by atoms with Gasteiger partial charge in [-0.15, -0.1) is 11.3 Å². The molecule has 1 atom stereocenters. The first-order chi connectivity index (χ1) is 7.15. The molecule has 0 spiro atoms. The van der Waals surface area contributed by atoms with E-state index in [0.29, 0.717) is 6.54 Å². The van der Waals surface area contributed by atoms with E-state index in [2.05, 4.69) is 21.2 Å². The maximum atomic E-state index is 11.4. The summed E-state index contributed by atoms with van der Waals surface area (Å²) in [4.78, 5) is 12.5. The van der Waals surface area contributed by atoms with Crippen LogP contribution < -0.4 is 11.1 Å². The number of amides is 1. The molecule has 0 aliphatic heterocycles. The second-order valence-electron chi connectivity index (χ2n) is 2.97. The lowest BCUT2D eigenvalue weighted by Gasteiger charge is -2.10. The van der Waals surface area contributed by atoms with Crippen LogP contribution in [0.1, 0.15) is 4.88 Å². The van der Waals surface area contributed by atoms with Gasteiger partial charge in [0.2, 0.25) is 5.91 Å². The molecule has 4 nitrogen and oxygen atoms in total. The molecule has 0 radical (unpaired) electrons. The third-order valence-electron chi connectivity index (χ3n) is 1.80. The molecule has 0 saturated carbocycles. The minimum atomic E-state index is -0.603. The largest absolute Gasteiger partial charge is 0.383 e. The maximum absolute atomic E-state index is 11.4. The molecule has 84 valence electrons. The van der Waals surface area contributed by atoms with Crippen molar-refractivity contribution in [3.05, 3.63) is 20.8 Å². The van der Waals surface area contributed by atoms with Crippen LogP contribution in [-0.2, 0) is 16.1 Å². The van der Waals surface area contributed by atoms with Gasteiger partial charge in [0.05, 0.1) is 13.2 Å². The van der Waals surface area contributed by atoms with Crippen molar-refractivity contribution in [3.8, 4) is 0 Å². The Kier molecular flexibility index (Phi) is 5.24. The number of halogens is 1. The van der Waals surface area contributed by atoms with Gasteiger partial charge in [0.1, 0.15) is 6.04 Å². The van der Waals surface area contributed by atoms with Gasteiger partial charge in [-0.2, -0.15) is 0 Å². The van der Waals surface area contributed by atoms with Gasteiger partial charge in [0.15, 0.2) is 0 Å². The number of methoxy groups -OCH3 is 1. The summed E-state index contributed by atoms with van der Waals surface area (Å²) in [6.45, 7) is 0.728. The smallest absolute Gasteiger partial charge is 0.239 e. The zero-order valence-corrected chi connectivity index (χ0v) is 10.7. The third kappa shape index (κ3) is 3.90. The van der Waals surface area contributed by atoms with Crippen LogP contribution in [-0.4, -0.2) is 25.7 Å². The van der Waals surface area contributed by atoms with Gasteiger partial charge in [0.25, 0.3) is 0 Å². The molecule has 1 aromatic heterocycles. The van der Waals surface area contributed by atoms with Gasteiger partial charge in [-0.1, -0.05) is 0 Å².